The number of carbonyl (C=O) groups is 2. The molecule has 0 saturated heterocycles. The predicted octanol–water partition coefficient (Wildman–Crippen LogP) is 2.41. The lowest BCUT2D eigenvalue weighted by molar-refractivity contribution is -0.121. The van der Waals surface area contributed by atoms with Gasteiger partial charge in [-0.05, 0) is 42.3 Å². The molecule has 2 heterocycles. The topological polar surface area (TPSA) is 77.1 Å². The van der Waals surface area contributed by atoms with Gasteiger partial charge in [0.05, 0.1) is 11.4 Å². The van der Waals surface area contributed by atoms with Crippen LogP contribution in [0.5, 0.6) is 11.5 Å². The zero-order valence-electron chi connectivity index (χ0n) is 16.0. The molecule has 0 spiro atoms. The number of benzene rings is 1. The smallest absolute Gasteiger partial charge is 0.264 e. The Labute approximate surface area is 168 Å². The van der Waals surface area contributed by atoms with Gasteiger partial charge < -0.3 is 24.4 Å². The van der Waals surface area contributed by atoms with Crippen molar-refractivity contribution in [2.45, 2.75) is 6.42 Å². The maximum absolute atomic E-state index is 12.6. The van der Waals surface area contributed by atoms with E-state index < -0.39 is 0 Å². The fraction of sp³-hybridized carbons (Fsp3) is 0.400. The van der Waals surface area contributed by atoms with E-state index in [1.165, 1.54) is 16.2 Å². The van der Waals surface area contributed by atoms with Gasteiger partial charge in [0.2, 0.25) is 5.91 Å². The molecule has 0 saturated carbocycles. The van der Waals surface area contributed by atoms with Gasteiger partial charge >= 0.3 is 0 Å². The second-order valence-corrected chi connectivity index (χ2v) is 7.46. The van der Waals surface area contributed by atoms with Gasteiger partial charge in [-0.2, -0.15) is 0 Å². The molecule has 2 amide bonds. The number of nitrogens with zero attached hydrogens (tertiary/aromatic N) is 1. The number of hydrogen-bond acceptors (Lipinski definition) is 6. The Hall–Kier alpha value is -2.58. The highest BCUT2D eigenvalue weighted by atomic mass is 32.1. The Morgan fingerprint density at radius 2 is 1.96 bits per heavy atom. The van der Waals surface area contributed by atoms with Crippen LogP contribution in [-0.2, 0) is 9.53 Å². The highest BCUT2D eigenvalue weighted by Gasteiger charge is 2.18. The molecule has 0 unspecified atom stereocenters. The fourth-order valence-corrected chi connectivity index (χ4v) is 3.78. The number of amides is 2. The molecule has 0 fully saturated rings. The van der Waals surface area contributed by atoms with Crippen LogP contribution in [0, 0.1) is 0 Å². The predicted molar refractivity (Wildman–Crippen MR) is 107 cm³/mol. The average molecular weight is 404 g/mol. The molecule has 2 aromatic rings. The Balaban J connectivity index is 1.60. The molecule has 0 radical (unpaired) electrons. The minimum absolute atomic E-state index is 0.0169. The molecule has 1 N–H and O–H groups in total. The van der Waals surface area contributed by atoms with Gasteiger partial charge in [-0.3, -0.25) is 9.59 Å². The summed E-state index contributed by atoms with van der Waals surface area (Å²) in [6.45, 7) is 2.22. The van der Waals surface area contributed by atoms with E-state index in [0.717, 1.165) is 22.6 Å². The largest absolute Gasteiger partial charge is 0.486 e. The van der Waals surface area contributed by atoms with Crippen molar-refractivity contribution in [3.8, 4) is 21.9 Å². The van der Waals surface area contributed by atoms with Gasteiger partial charge in [-0.25, -0.2) is 0 Å². The van der Waals surface area contributed by atoms with Gasteiger partial charge in [0.1, 0.15) is 13.2 Å². The maximum atomic E-state index is 12.6. The van der Waals surface area contributed by atoms with Crippen LogP contribution >= 0.6 is 11.3 Å². The van der Waals surface area contributed by atoms with Crippen LogP contribution in [0.2, 0.25) is 0 Å². The van der Waals surface area contributed by atoms with E-state index in [4.69, 9.17) is 14.2 Å². The number of nitrogens with one attached hydrogen (secondary N) is 1. The summed E-state index contributed by atoms with van der Waals surface area (Å²) in [6.07, 6.45) is 0.740. The Kier molecular flexibility index (Phi) is 6.89. The summed E-state index contributed by atoms with van der Waals surface area (Å²) in [5, 5.41) is 2.78. The summed E-state index contributed by atoms with van der Waals surface area (Å²) in [7, 11) is 3.25. The summed E-state index contributed by atoms with van der Waals surface area (Å²) in [4.78, 5) is 27.5. The third kappa shape index (κ3) is 5.02. The standard InChI is InChI=1S/C20H24N2O5S/c1-22(13-19(23)21-8-3-9-25-2)20(24)18-7-6-17(28-18)14-4-5-15-16(12-14)27-11-10-26-15/h4-7,12H,3,8-11,13H2,1-2H3,(H,21,23). The van der Waals surface area contributed by atoms with Gasteiger partial charge in [0.25, 0.3) is 5.91 Å². The monoisotopic (exact) mass is 404 g/mol. The van der Waals surface area contributed by atoms with Gasteiger partial charge in [0, 0.05) is 32.2 Å². The van der Waals surface area contributed by atoms with Crippen LogP contribution in [-0.4, -0.2) is 63.8 Å². The highest BCUT2D eigenvalue weighted by molar-refractivity contribution is 7.17. The Morgan fingerprint density at radius 1 is 1.18 bits per heavy atom. The number of rotatable bonds is 8. The van der Waals surface area contributed by atoms with Crippen molar-refractivity contribution in [3.05, 3.63) is 35.2 Å². The molecule has 7 nitrogen and oxygen atoms in total. The molecule has 0 bridgehead atoms. The molecule has 1 aliphatic heterocycles. The first-order valence-electron chi connectivity index (χ1n) is 9.09. The first-order chi connectivity index (χ1) is 13.6. The van der Waals surface area contributed by atoms with Crippen LogP contribution < -0.4 is 14.8 Å². The quantitative estimate of drug-likeness (QED) is 0.684. The van der Waals surface area contributed by atoms with Gasteiger partial charge in [0.15, 0.2) is 11.5 Å². The number of thiophene rings is 1. The Bertz CT molecular complexity index is 836. The number of methoxy groups -OCH3 is 1. The lowest BCUT2D eigenvalue weighted by Crippen LogP contribution is -2.38. The third-order valence-electron chi connectivity index (χ3n) is 4.22. The van der Waals surface area contributed by atoms with E-state index in [2.05, 4.69) is 5.32 Å². The van der Waals surface area contributed by atoms with E-state index in [-0.39, 0.29) is 18.4 Å². The first kappa shape index (κ1) is 20.2. The first-order valence-corrected chi connectivity index (χ1v) is 9.91. The van der Waals surface area contributed by atoms with E-state index >= 15 is 0 Å². The molecular formula is C20H24N2O5S. The zero-order valence-corrected chi connectivity index (χ0v) is 16.8. The lowest BCUT2D eigenvalue weighted by atomic mass is 10.1. The van der Waals surface area contributed by atoms with Crippen LogP contribution in [0.3, 0.4) is 0 Å². The van der Waals surface area contributed by atoms with E-state index in [1.54, 1.807) is 20.2 Å². The summed E-state index contributed by atoms with van der Waals surface area (Å²) >= 11 is 1.39. The van der Waals surface area contributed by atoms with Crippen molar-refractivity contribution in [2.75, 3.05) is 47.1 Å². The number of ether oxygens (including phenoxy) is 3. The van der Waals surface area contributed by atoms with E-state index in [9.17, 15) is 9.59 Å². The maximum Gasteiger partial charge on any atom is 0.264 e. The molecule has 0 atom stereocenters. The molecule has 1 aromatic carbocycles. The van der Waals surface area contributed by atoms with Crippen molar-refractivity contribution in [1.29, 1.82) is 0 Å². The van der Waals surface area contributed by atoms with Gasteiger partial charge in [-0.15, -0.1) is 11.3 Å². The van der Waals surface area contributed by atoms with Crippen molar-refractivity contribution in [2.24, 2.45) is 0 Å². The summed E-state index contributed by atoms with van der Waals surface area (Å²) in [5.74, 6) is 1.09. The van der Waals surface area contributed by atoms with Crippen LogP contribution in [0.1, 0.15) is 16.1 Å². The van der Waals surface area contributed by atoms with Crippen LogP contribution in [0.25, 0.3) is 10.4 Å². The molecule has 150 valence electrons. The molecule has 8 heteroatoms. The van der Waals surface area contributed by atoms with Crippen LogP contribution in [0.4, 0.5) is 0 Å². The third-order valence-corrected chi connectivity index (χ3v) is 5.34. The minimum Gasteiger partial charge on any atom is -0.486 e. The SMILES string of the molecule is COCCCNC(=O)CN(C)C(=O)c1ccc(-c2ccc3c(c2)OCCO3)s1. The molecule has 1 aliphatic rings. The van der Waals surface area contributed by atoms with Crippen LogP contribution in [0.15, 0.2) is 30.3 Å². The summed E-state index contributed by atoms with van der Waals surface area (Å²) in [5.41, 5.74) is 0.965. The second-order valence-electron chi connectivity index (χ2n) is 6.38. The summed E-state index contributed by atoms with van der Waals surface area (Å²) in [6, 6.07) is 9.44. The number of fused-ring (bicyclic) bond motifs is 1. The van der Waals surface area contributed by atoms with Crippen molar-refractivity contribution >= 4 is 23.2 Å². The molecule has 3 rings (SSSR count). The number of carbonyl (C=O) groups excluding carboxylic acids is 2. The second kappa shape index (κ2) is 9.57. The number of likely N-dealkylation sites (N-methyl/N-ethyl adjacent to an activating group) is 1. The fourth-order valence-electron chi connectivity index (χ4n) is 2.78. The number of hydrogen-bond donors (Lipinski definition) is 1. The van der Waals surface area contributed by atoms with Crippen molar-refractivity contribution < 1.29 is 23.8 Å². The van der Waals surface area contributed by atoms with Gasteiger partial charge in [-0.1, -0.05) is 0 Å². The molecule has 1 aromatic heterocycles. The lowest BCUT2D eigenvalue weighted by Gasteiger charge is -2.18. The minimum atomic E-state index is -0.185. The van der Waals surface area contributed by atoms with Crippen molar-refractivity contribution in [1.82, 2.24) is 10.2 Å². The van der Waals surface area contributed by atoms with E-state index in [0.29, 0.717) is 37.0 Å². The van der Waals surface area contributed by atoms with Crippen molar-refractivity contribution in [3.63, 3.8) is 0 Å². The highest BCUT2D eigenvalue weighted by Crippen LogP contribution is 2.37. The summed E-state index contributed by atoms with van der Waals surface area (Å²) < 4.78 is 16.1. The molecule has 28 heavy (non-hydrogen) atoms. The van der Waals surface area contributed by atoms with E-state index in [1.807, 2.05) is 24.3 Å². The molecular weight excluding hydrogens is 380 g/mol. The normalized spacial score (nSPS) is 12.5. The zero-order chi connectivity index (χ0) is 19.9. The Morgan fingerprint density at radius 3 is 2.75 bits per heavy atom. The molecule has 0 aliphatic carbocycles. The average Bonchev–Trinajstić information content (AvgIpc) is 3.20.